The molecule has 78 valence electrons. The summed E-state index contributed by atoms with van der Waals surface area (Å²) < 4.78 is 0. The van der Waals surface area contributed by atoms with E-state index in [-0.39, 0.29) is 0 Å². The zero-order valence-electron chi connectivity index (χ0n) is 9.32. The molecule has 0 aromatic rings. The van der Waals surface area contributed by atoms with E-state index < -0.39 is 0 Å². The Morgan fingerprint density at radius 3 is 2.64 bits per heavy atom. The first-order valence-electron chi connectivity index (χ1n) is 5.53. The molecule has 0 spiro atoms. The Morgan fingerprint density at radius 2 is 2.00 bits per heavy atom. The summed E-state index contributed by atoms with van der Waals surface area (Å²) in [7, 11) is 0. The van der Waals surface area contributed by atoms with Crippen molar-refractivity contribution in [3.8, 4) is 0 Å². The van der Waals surface area contributed by atoms with Gasteiger partial charge < -0.3 is 0 Å². The summed E-state index contributed by atoms with van der Waals surface area (Å²) in [5.74, 6) is 0. The summed E-state index contributed by atoms with van der Waals surface area (Å²) in [6.45, 7) is 6.71. The van der Waals surface area contributed by atoms with Gasteiger partial charge in [0.1, 0.15) is 0 Å². The molecule has 1 heterocycles. The van der Waals surface area contributed by atoms with Crippen molar-refractivity contribution >= 4 is 0 Å². The fraction of sp³-hybridized carbons (Fsp3) is 0.538. The minimum atomic E-state index is 0.777. The first kappa shape index (κ1) is 11.3. The molecule has 1 fully saturated rings. The number of likely N-dealkylation sites (tertiary alicyclic amines) is 1. The molecule has 0 saturated carbocycles. The second-order valence-electron chi connectivity index (χ2n) is 3.83. The number of hydrogen-bond acceptors (Lipinski definition) is 1. The van der Waals surface area contributed by atoms with Gasteiger partial charge in [-0.05, 0) is 33.2 Å². The molecular formula is C13H21N. The van der Waals surface area contributed by atoms with Crippen LogP contribution in [0.3, 0.4) is 0 Å². The van der Waals surface area contributed by atoms with Crippen LogP contribution in [0.25, 0.3) is 0 Å². The van der Waals surface area contributed by atoms with Gasteiger partial charge >= 0.3 is 0 Å². The van der Waals surface area contributed by atoms with Crippen molar-refractivity contribution in [1.29, 1.82) is 0 Å². The van der Waals surface area contributed by atoms with Crippen molar-refractivity contribution in [3.63, 3.8) is 0 Å². The van der Waals surface area contributed by atoms with Gasteiger partial charge in [0, 0.05) is 12.6 Å². The van der Waals surface area contributed by atoms with E-state index in [9.17, 15) is 0 Å². The van der Waals surface area contributed by atoms with Crippen LogP contribution in [0.4, 0.5) is 0 Å². The lowest BCUT2D eigenvalue weighted by molar-refractivity contribution is 0.298. The molecule has 0 bridgehead atoms. The second-order valence-corrected chi connectivity index (χ2v) is 3.83. The quantitative estimate of drug-likeness (QED) is 0.617. The molecule has 0 unspecified atom stereocenters. The van der Waals surface area contributed by atoms with Gasteiger partial charge in [-0.1, -0.05) is 36.5 Å². The summed E-state index contributed by atoms with van der Waals surface area (Å²) in [6.07, 6.45) is 15.3. The van der Waals surface area contributed by atoms with Crippen LogP contribution in [-0.2, 0) is 0 Å². The van der Waals surface area contributed by atoms with Crippen molar-refractivity contribution < 1.29 is 0 Å². The van der Waals surface area contributed by atoms with Crippen LogP contribution in [-0.4, -0.2) is 24.0 Å². The summed E-state index contributed by atoms with van der Waals surface area (Å²) in [4.78, 5) is 2.53. The standard InChI is InChI=1S/C13H21N/c1-3-4-5-6-7-8-11-14-12-9-10-13(14)2/h3-8,13H,9-12H2,1-2H3/b4-3-,6-5-,8-7+/t13-/m1/s1. The van der Waals surface area contributed by atoms with Crippen LogP contribution in [0.15, 0.2) is 36.5 Å². The van der Waals surface area contributed by atoms with Crippen molar-refractivity contribution in [3.05, 3.63) is 36.5 Å². The van der Waals surface area contributed by atoms with Crippen LogP contribution >= 0.6 is 0 Å². The largest absolute Gasteiger partial charge is 0.297 e. The summed E-state index contributed by atoms with van der Waals surface area (Å²) >= 11 is 0. The smallest absolute Gasteiger partial charge is 0.0169 e. The topological polar surface area (TPSA) is 3.24 Å². The van der Waals surface area contributed by atoms with Crippen LogP contribution in [0, 0.1) is 0 Å². The molecule has 0 N–H and O–H groups in total. The minimum absolute atomic E-state index is 0.777. The third-order valence-corrected chi connectivity index (χ3v) is 2.69. The van der Waals surface area contributed by atoms with Gasteiger partial charge in [-0.25, -0.2) is 0 Å². The van der Waals surface area contributed by atoms with Crippen molar-refractivity contribution in [2.75, 3.05) is 13.1 Å². The molecule has 1 rings (SSSR count). The van der Waals surface area contributed by atoms with Crippen LogP contribution in [0.2, 0.25) is 0 Å². The average Bonchev–Trinajstić information content (AvgIpc) is 2.58. The maximum atomic E-state index is 2.53. The van der Waals surface area contributed by atoms with Gasteiger partial charge in [0.05, 0.1) is 0 Å². The molecule has 1 aliphatic rings. The van der Waals surface area contributed by atoms with Crippen LogP contribution < -0.4 is 0 Å². The Labute approximate surface area is 87.8 Å². The Morgan fingerprint density at radius 1 is 1.21 bits per heavy atom. The van der Waals surface area contributed by atoms with E-state index >= 15 is 0 Å². The molecule has 1 nitrogen and oxygen atoms in total. The lowest BCUT2D eigenvalue weighted by atomic mass is 10.2. The monoisotopic (exact) mass is 191 g/mol. The summed E-state index contributed by atoms with van der Waals surface area (Å²) in [5.41, 5.74) is 0. The van der Waals surface area contributed by atoms with Crippen LogP contribution in [0.1, 0.15) is 26.7 Å². The predicted octanol–water partition coefficient (Wildman–Crippen LogP) is 3.16. The van der Waals surface area contributed by atoms with Crippen molar-refractivity contribution in [2.24, 2.45) is 0 Å². The van der Waals surface area contributed by atoms with Crippen LogP contribution in [0.5, 0.6) is 0 Å². The highest BCUT2D eigenvalue weighted by molar-refractivity contribution is 5.11. The Bertz CT molecular complexity index is 225. The Kier molecular flexibility index (Phi) is 5.31. The van der Waals surface area contributed by atoms with E-state index in [4.69, 9.17) is 0 Å². The third kappa shape index (κ3) is 3.93. The fourth-order valence-corrected chi connectivity index (χ4v) is 1.78. The Balaban J connectivity index is 2.19. The third-order valence-electron chi connectivity index (χ3n) is 2.69. The van der Waals surface area contributed by atoms with Gasteiger partial charge in [-0.15, -0.1) is 0 Å². The number of rotatable bonds is 4. The highest BCUT2D eigenvalue weighted by atomic mass is 15.2. The fourth-order valence-electron chi connectivity index (χ4n) is 1.78. The first-order valence-corrected chi connectivity index (χ1v) is 5.53. The van der Waals surface area contributed by atoms with Gasteiger partial charge in [-0.2, -0.15) is 0 Å². The molecule has 0 aliphatic carbocycles. The highest BCUT2D eigenvalue weighted by Crippen LogP contribution is 2.15. The molecule has 14 heavy (non-hydrogen) atoms. The molecule has 1 atom stereocenters. The number of nitrogens with zero attached hydrogens (tertiary/aromatic N) is 1. The maximum absolute atomic E-state index is 2.53. The molecule has 1 heteroatoms. The molecule has 1 saturated heterocycles. The maximum Gasteiger partial charge on any atom is 0.0169 e. The van der Waals surface area contributed by atoms with Gasteiger partial charge in [-0.3, -0.25) is 4.90 Å². The van der Waals surface area contributed by atoms with E-state index in [1.54, 1.807) is 0 Å². The van der Waals surface area contributed by atoms with Crippen molar-refractivity contribution in [2.45, 2.75) is 32.7 Å². The molecular weight excluding hydrogens is 170 g/mol. The van der Waals surface area contributed by atoms with E-state index in [1.807, 2.05) is 19.1 Å². The van der Waals surface area contributed by atoms with E-state index in [0.717, 1.165) is 12.6 Å². The summed E-state index contributed by atoms with van der Waals surface area (Å²) in [6, 6.07) is 0.777. The van der Waals surface area contributed by atoms with Gasteiger partial charge in [0.15, 0.2) is 0 Å². The molecule has 0 radical (unpaired) electrons. The molecule has 0 aromatic heterocycles. The number of allylic oxidation sites excluding steroid dienone is 5. The molecule has 0 amide bonds. The first-order chi connectivity index (χ1) is 6.84. The van der Waals surface area contributed by atoms with Gasteiger partial charge in [0.25, 0.3) is 0 Å². The average molecular weight is 191 g/mol. The number of hydrogen-bond donors (Lipinski definition) is 0. The molecule has 0 aromatic carbocycles. The van der Waals surface area contributed by atoms with Crippen molar-refractivity contribution in [1.82, 2.24) is 4.90 Å². The van der Waals surface area contributed by atoms with E-state index in [2.05, 4.69) is 36.1 Å². The SMILES string of the molecule is C\C=C/C=C\C=C\CN1CCC[C@H]1C. The lowest BCUT2D eigenvalue weighted by Crippen LogP contribution is -2.26. The van der Waals surface area contributed by atoms with E-state index in [1.165, 1.54) is 19.4 Å². The lowest BCUT2D eigenvalue weighted by Gasteiger charge is -2.18. The van der Waals surface area contributed by atoms with E-state index in [0.29, 0.717) is 0 Å². The predicted molar refractivity (Wildman–Crippen MR) is 63.4 cm³/mol. The normalized spacial score (nSPS) is 24.9. The zero-order chi connectivity index (χ0) is 10.2. The van der Waals surface area contributed by atoms with Gasteiger partial charge in [0.2, 0.25) is 0 Å². The Hall–Kier alpha value is -0.820. The second kappa shape index (κ2) is 6.61. The zero-order valence-corrected chi connectivity index (χ0v) is 9.32. The minimum Gasteiger partial charge on any atom is -0.297 e. The summed E-state index contributed by atoms with van der Waals surface area (Å²) in [5, 5.41) is 0. The molecule has 1 aliphatic heterocycles. The highest BCUT2D eigenvalue weighted by Gasteiger charge is 2.17.